The third-order valence-corrected chi connectivity index (χ3v) is 3.62. The molecule has 0 aliphatic heterocycles. The van der Waals surface area contributed by atoms with Crippen LogP contribution in [0.2, 0.25) is 0 Å². The highest BCUT2D eigenvalue weighted by atomic mass is 32.2. The molecule has 0 saturated carbocycles. The molecule has 0 saturated heterocycles. The Balaban J connectivity index is 2.87. The number of rotatable bonds is 5. The van der Waals surface area contributed by atoms with Crippen LogP contribution in [0.4, 0.5) is 0 Å². The van der Waals surface area contributed by atoms with Crippen LogP contribution in [0, 0.1) is 0 Å². The first-order valence-corrected chi connectivity index (χ1v) is 6.90. The minimum absolute atomic E-state index is 0.110. The van der Waals surface area contributed by atoms with Gasteiger partial charge in [-0.15, -0.1) is 18.3 Å². The monoisotopic (exact) mass is 249 g/mol. The number of hydrogen-bond acceptors (Lipinski definition) is 2. The van der Waals surface area contributed by atoms with Gasteiger partial charge in [0.1, 0.15) is 0 Å². The van der Waals surface area contributed by atoms with Crippen molar-refractivity contribution in [2.24, 2.45) is 5.73 Å². The van der Waals surface area contributed by atoms with E-state index in [1.807, 2.05) is 17.8 Å². The zero-order valence-electron chi connectivity index (χ0n) is 11.1. The topological polar surface area (TPSA) is 26.0 Å². The van der Waals surface area contributed by atoms with Crippen LogP contribution in [0.3, 0.4) is 0 Å². The molecule has 1 atom stereocenters. The standard InChI is InChI=1S/C15H23NS/c1-5-6-10-13(16)12-9-7-8-11-14(12)17-15(2,3)4/h5,7-9,11,13H,1,6,10,16H2,2-4H3/t13-/m0/s1. The van der Waals surface area contributed by atoms with Crippen molar-refractivity contribution in [1.29, 1.82) is 0 Å². The molecule has 1 nitrogen and oxygen atoms in total. The van der Waals surface area contributed by atoms with Crippen molar-refractivity contribution in [3.8, 4) is 0 Å². The van der Waals surface area contributed by atoms with Crippen molar-refractivity contribution in [2.45, 2.75) is 49.3 Å². The maximum Gasteiger partial charge on any atom is 0.0308 e. The summed E-state index contributed by atoms with van der Waals surface area (Å²) in [5.41, 5.74) is 7.50. The van der Waals surface area contributed by atoms with E-state index >= 15 is 0 Å². The van der Waals surface area contributed by atoms with Gasteiger partial charge in [0.15, 0.2) is 0 Å². The van der Waals surface area contributed by atoms with Crippen molar-refractivity contribution in [3.63, 3.8) is 0 Å². The largest absolute Gasteiger partial charge is 0.324 e. The maximum absolute atomic E-state index is 6.24. The first-order chi connectivity index (χ1) is 7.94. The van der Waals surface area contributed by atoms with E-state index in [-0.39, 0.29) is 10.8 Å². The first kappa shape index (κ1) is 14.3. The second-order valence-corrected chi connectivity index (χ2v) is 7.09. The first-order valence-electron chi connectivity index (χ1n) is 6.08. The average molecular weight is 249 g/mol. The zero-order chi connectivity index (χ0) is 12.9. The van der Waals surface area contributed by atoms with Crippen LogP contribution in [0.25, 0.3) is 0 Å². The quantitative estimate of drug-likeness (QED) is 0.612. The SMILES string of the molecule is C=CCC[C@H](N)c1ccccc1SC(C)(C)C. The fraction of sp³-hybridized carbons (Fsp3) is 0.467. The number of allylic oxidation sites excluding steroid dienone is 1. The molecule has 1 rings (SSSR count). The molecular weight excluding hydrogens is 226 g/mol. The number of benzene rings is 1. The van der Waals surface area contributed by atoms with Crippen LogP contribution in [-0.4, -0.2) is 4.75 Å². The molecule has 0 spiro atoms. The van der Waals surface area contributed by atoms with E-state index in [1.165, 1.54) is 10.5 Å². The van der Waals surface area contributed by atoms with Crippen LogP contribution in [0.15, 0.2) is 41.8 Å². The maximum atomic E-state index is 6.24. The molecule has 0 radical (unpaired) electrons. The normalized spacial score (nSPS) is 13.4. The Kier molecular flexibility index (Phi) is 5.29. The summed E-state index contributed by atoms with van der Waals surface area (Å²) in [5, 5.41) is 0. The molecule has 0 aliphatic rings. The van der Waals surface area contributed by atoms with E-state index in [0.29, 0.717) is 0 Å². The summed E-state index contributed by atoms with van der Waals surface area (Å²) >= 11 is 1.88. The van der Waals surface area contributed by atoms with Crippen LogP contribution in [-0.2, 0) is 0 Å². The highest BCUT2D eigenvalue weighted by molar-refractivity contribution is 8.00. The van der Waals surface area contributed by atoms with Gasteiger partial charge in [0.05, 0.1) is 0 Å². The summed E-state index contributed by atoms with van der Waals surface area (Å²) in [6, 6.07) is 8.56. The van der Waals surface area contributed by atoms with Gasteiger partial charge in [0, 0.05) is 15.7 Å². The van der Waals surface area contributed by atoms with Crippen LogP contribution in [0.1, 0.15) is 45.2 Å². The Labute approximate surface area is 109 Å². The third-order valence-electron chi connectivity index (χ3n) is 2.42. The van der Waals surface area contributed by atoms with Gasteiger partial charge in [-0.05, 0) is 24.5 Å². The molecule has 1 aromatic carbocycles. The lowest BCUT2D eigenvalue weighted by molar-refractivity contribution is 0.649. The van der Waals surface area contributed by atoms with E-state index in [1.54, 1.807) is 0 Å². The Bertz CT molecular complexity index is 365. The van der Waals surface area contributed by atoms with Crippen molar-refractivity contribution >= 4 is 11.8 Å². The van der Waals surface area contributed by atoms with Gasteiger partial charge < -0.3 is 5.73 Å². The summed E-state index contributed by atoms with van der Waals surface area (Å²) in [7, 11) is 0. The summed E-state index contributed by atoms with van der Waals surface area (Å²) in [6.45, 7) is 10.4. The smallest absolute Gasteiger partial charge is 0.0308 e. The lowest BCUT2D eigenvalue weighted by Crippen LogP contribution is -2.13. The molecule has 0 aliphatic carbocycles. The zero-order valence-corrected chi connectivity index (χ0v) is 11.9. The van der Waals surface area contributed by atoms with Gasteiger partial charge in [-0.3, -0.25) is 0 Å². The molecule has 0 heterocycles. The average Bonchev–Trinajstić information content (AvgIpc) is 2.24. The molecular formula is C15H23NS. The summed E-state index contributed by atoms with van der Waals surface area (Å²) < 4.78 is 0.217. The molecule has 0 unspecified atom stereocenters. The van der Waals surface area contributed by atoms with Gasteiger partial charge in [0.25, 0.3) is 0 Å². The van der Waals surface area contributed by atoms with E-state index in [9.17, 15) is 0 Å². The Hall–Kier alpha value is -0.730. The van der Waals surface area contributed by atoms with Gasteiger partial charge in [-0.2, -0.15) is 0 Å². The molecule has 17 heavy (non-hydrogen) atoms. The van der Waals surface area contributed by atoms with Crippen LogP contribution in [0.5, 0.6) is 0 Å². The van der Waals surface area contributed by atoms with Crippen LogP contribution < -0.4 is 5.73 Å². The van der Waals surface area contributed by atoms with Crippen LogP contribution >= 0.6 is 11.8 Å². The van der Waals surface area contributed by atoms with Crippen molar-refractivity contribution < 1.29 is 0 Å². The molecule has 94 valence electrons. The molecule has 0 fully saturated rings. The van der Waals surface area contributed by atoms with E-state index in [4.69, 9.17) is 5.73 Å². The minimum Gasteiger partial charge on any atom is -0.324 e. The van der Waals surface area contributed by atoms with Gasteiger partial charge in [-0.1, -0.05) is 45.0 Å². The lowest BCUT2D eigenvalue weighted by atomic mass is 10.0. The molecule has 0 amide bonds. The number of thioether (sulfide) groups is 1. The number of nitrogens with two attached hydrogens (primary N) is 1. The lowest BCUT2D eigenvalue weighted by Gasteiger charge is -2.22. The third kappa shape index (κ3) is 4.97. The highest BCUT2D eigenvalue weighted by Crippen LogP contribution is 2.36. The predicted molar refractivity (Wildman–Crippen MR) is 78.4 cm³/mol. The predicted octanol–water partition coefficient (Wildman–Crippen LogP) is 4.54. The van der Waals surface area contributed by atoms with E-state index < -0.39 is 0 Å². The Morgan fingerprint density at radius 3 is 2.59 bits per heavy atom. The summed E-state index contributed by atoms with van der Waals surface area (Å²) in [4.78, 5) is 1.30. The van der Waals surface area contributed by atoms with Gasteiger partial charge >= 0.3 is 0 Å². The molecule has 2 heteroatoms. The molecule has 2 N–H and O–H groups in total. The summed E-state index contributed by atoms with van der Waals surface area (Å²) in [6.07, 6.45) is 3.86. The second-order valence-electron chi connectivity index (χ2n) is 5.22. The van der Waals surface area contributed by atoms with Crippen molar-refractivity contribution in [1.82, 2.24) is 0 Å². The fourth-order valence-electron chi connectivity index (χ4n) is 1.66. The summed E-state index contributed by atoms with van der Waals surface area (Å²) in [5.74, 6) is 0. The van der Waals surface area contributed by atoms with Gasteiger partial charge in [0.2, 0.25) is 0 Å². The Morgan fingerprint density at radius 2 is 2.00 bits per heavy atom. The van der Waals surface area contributed by atoms with Crippen molar-refractivity contribution in [3.05, 3.63) is 42.5 Å². The van der Waals surface area contributed by atoms with E-state index in [0.717, 1.165) is 12.8 Å². The minimum atomic E-state index is 0.110. The second kappa shape index (κ2) is 6.27. The van der Waals surface area contributed by atoms with Gasteiger partial charge in [-0.25, -0.2) is 0 Å². The molecule has 1 aromatic rings. The van der Waals surface area contributed by atoms with Crippen molar-refractivity contribution in [2.75, 3.05) is 0 Å². The highest BCUT2D eigenvalue weighted by Gasteiger charge is 2.17. The molecule has 0 bridgehead atoms. The Morgan fingerprint density at radius 1 is 1.35 bits per heavy atom. The number of hydrogen-bond donors (Lipinski definition) is 1. The fourth-order valence-corrected chi connectivity index (χ4v) is 2.81. The molecule has 0 aromatic heterocycles. The van der Waals surface area contributed by atoms with E-state index in [2.05, 4.69) is 51.6 Å².